The molecule has 2 heterocycles. The molecule has 1 aliphatic heterocycles. The summed E-state index contributed by atoms with van der Waals surface area (Å²) in [5.74, 6) is 0.910. The average molecular weight is 373 g/mol. The van der Waals surface area contributed by atoms with Crippen LogP contribution in [0.2, 0.25) is 0 Å². The van der Waals surface area contributed by atoms with Crippen LogP contribution in [-0.2, 0) is 9.47 Å². The van der Waals surface area contributed by atoms with Gasteiger partial charge in [0.1, 0.15) is 6.61 Å². The second-order valence-electron chi connectivity index (χ2n) is 8.12. The number of nitrogens with one attached hydrogen (secondary N) is 1. The monoisotopic (exact) mass is 372 g/mol. The van der Waals surface area contributed by atoms with Crippen molar-refractivity contribution in [3.05, 3.63) is 41.7 Å². The van der Waals surface area contributed by atoms with Crippen molar-refractivity contribution in [2.75, 3.05) is 19.8 Å². The molecule has 148 valence electrons. The maximum atomic E-state index is 12.1. The van der Waals surface area contributed by atoms with E-state index in [1.165, 1.54) is 5.57 Å². The molecule has 0 aromatic carbocycles. The van der Waals surface area contributed by atoms with Crippen LogP contribution >= 0.6 is 0 Å². The predicted molar refractivity (Wildman–Crippen MR) is 105 cm³/mol. The van der Waals surface area contributed by atoms with Gasteiger partial charge in [-0.15, -0.1) is 0 Å². The number of rotatable bonds is 6. The summed E-state index contributed by atoms with van der Waals surface area (Å²) in [5, 5.41) is 2.84. The van der Waals surface area contributed by atoms with Crippen molar-refractivity contribution in [1.29, 1.82) is 0 Å². The Labute approximate surface area is 162 Å². The minimum Gasteiger partial charge on any atom is -0.449 e. The SMILES string of the molecule is CCCCNC(=O)OCC12COC(c3cccnc3)C(C(C)=CC1C)C2C. The maximum absolute atomic E-state index is 12.1. The smallest absolute Gasteiger partial charge is 0.407 e. The average Bonchev–Trinajstić information content (AvgIpc) is 2.66. The number of nitrogens with zero attached hydrogens (tertiary/aromatic N) is 1. The third kappa shape index (κ3) is 3.88. The van der Waals surface area contributed by atoms with Crippen LogP contribution < -0.4 is 5.32 Å². The summed E-state index contributed by atoms with van der Waals surface area (Å²) in [4.78, 5) is 16.3. The summed E-state index contributed by atoms with van der Waals surface area (Å²) in [6.07, 6.45) is 7.72. The van der Waals surface area contributed by atoms with Gasteiger partial charge in [0.05, 0.1) is 12.7 Å². The fraction of sp³-hybridized carbons (Fsp3) is 0.636. The van der Waals surface area contributed by atoms with E-state index in [-0.39, 0.29) is 23.5 Å². The van der Waals surface area contributed by atoms with Gasteiger partial charge in [0.15, 0.2) is 0 Å². The Morgan fingerprint density at radius 1 is 1.44 bits per heavy atom. The maximum Gasteiger partial charge on any atom is 0.407 e. The van der Waals surface area contributed by atoms with Crippen molar-refractivity contribution >= 4 is 6.09 Å². The molecule has 5 atom stereocenters. The zero-order chi connectivity index (χ0) is 19.4. The number of amides is 1. The lowest BCUT2D eigenvalue weighted by Crippen LogP contribution is -2.54. The van der Waals surface area contributed by atoms with Crippen LogP contribution in [0.15, 0.2) is 36.2 Å². The number of hydrogen-bond acceptors (Lipinski definition) is 4. The first-order valence-corrected chi connectivity index (χ1v) is 10.1. The highest BCUT2D eigenvalue weighted by Gasteiger charge is 2.54. The minimum absolute atomic E-state index is 0.00366. The van der Waals surface area contributed by atoms with Gasteiger partial charge in [-0.25, -0.2) is 4.79 Å². The number of hydrogen-bond donors (Lipinski definition) is 1. The zero-order valence-electron chi connectivity index (χ0n) is 16.9. The minimum atomic E-state index is -0.325. The predicted octanol–water partition coefficient (Wildman–Crippen LogP) is 4.51. The second kappa shape index (κ2) is 8.42. The third-order valence-corrected chi connectivity index (χ3v) is 6.53. The molecule has 1 amide bonds. The van der Waals surface area contributed by atoms with E-state index < -0.39 is 0 Å². The number of pyridine rings is 1. The molecule has 1 N–H and O–H groups in total. The standard InChI is InChI=1S/C22H32N2O3/c1-5-6-10-24-21(25)27-14-22-13-26-20(18-8-7-9-23-12-18)19(17(22)4)15(2)11-16(22)3/h7-9,11-12,16-17,19-20H,5-6,10,13-14H2,1-4H3,(H,24,25). The molecule has 1 saturated heterocycles. The Balaban J connectivity index is 1.76. The normalized spacial score (nSPS) is 32.5. The van der Waals surface area contributed by atoms with Crippen LogP contribution in [0.4, 0.5) is 4.79 Å². The Bertz CT molecular complexity index is 675. The Morgan fingerprint density at radius 2 is 2.26 bits per heavy atom. The molecule has 5 nitrogen and oxygen atoms in total. The first-order valence-electron chi connectivity index (χ1n) is 10.1. The van der Waals surface area contributed by atoms with Crippen molar-refractivity contribution in [2.24, 2.45) is 23.2 Å². The van der Waals surface area contributed by atoms with Crippen LogP contribution in [0.3, 0.4) is 0 Å². The molecule has 27 heavy (non-hydrogen) atoms. The Kier molecular flexibility index (Phi) is 6.20. The van der Waals surface area contributed by atoms with E-state index in [9.17, 15) is 4.79 Å². The molecule has 3 rings (SSSR count). The number of aromatic nitrogens is 1. The fourth-order valence-electron chi connectivity index (χ4n) is 4.72. The molecule has 1 aromatic rings. The molecule has 0 saturated carbocycles. The Hall–Kier alpha value is -1.88. The van der Waals surface area contributed by atoms with E-state index in [1.54, 1.807) is 6.20 Å². The molecule has 1 aliphatic carbocycles. The van der Waals surface area contributed by atoms with Gasteiger partial charge >= 0.3 is 6.09 Å². The number of carbonyl (C=O) groups excluding carboxylic acids is 1. The summed E-state index contributed by atoms with van der Waals surface area (Å²) in [5.41, 5.74) is 2.28. The van der Waals surface area contributed by atoms with E-state index in [0.29, 0.717) is 31.6 Å². The summed E-state index contributed by atoms with van der Waals surface area (Å²) in [6, 6.07) is 4.04. The van der Waals surface area contributed by atoms with Crippen molar-refractivity contribution in [1.82, 2.24) is 10.3 Å². The van der Waals surface area contributed by atoms with Gasteiger partial charge in [-0.05, 0) is 36.8 Å². The number of unbranched alkanes of at least 4 members (excludes halogenated alkanes) is 1. The molecule has 0 radical (unpaired) electrons. The van der Waals surface area contributed by atoms with Gasteiger partial charge in [-0.2, -0.15) is 0 Å². The number of ether oxygens (including phenoxy) is 2. The summed E-state index contributed by atoms with van der Waals surface area (Å²) >= 11 is 0. The lowest BCUT2D eigenvalue weighted by Gasteiger charge is -2.55. The molecule has 5 unspecified atom stereocenters. The van der Waals surface area contributed by atoms with Gasteiger partial charge < -0.3 is 14.8 Å². The molecule has 5 heteroatoms. The molecular formula is C22H32N2O3. The zero-order valence-corrected chi connectivity index (χ0v) is 16.9. The summed E-state index contributed by atoms with van der Waals surface area (Å²) < 4.78 is 12.0. The largest absolute Gasteiger partial charge is 0.449 e. The van der Waals surface area contributed by atoms with Gasteiger partial charge in [0, 0.05) is 30.3 Å². The first kappa shape index (κ1) is 19.9. The summed E-state index contributed by atoms with van der Waals surface area (Å²) in [6.45, 7) is 10.4. The summed E-state index contributed by atoms with van der Waals surface area (Å²) in [7, 11) is 0. The van der Waals surface area contributed by atoms with E-state index >= 15 is 0 Å². The van der Waals surface area contributed by atoms with Crippen LogP contribution in [0.25, 0.3) is 0 Å². The van der Waals surface area contributed by atoms with Crippen LogP contribution in [0.5, 0.6) is 0 Å². The lowest BCUT2D eigenvalue weighted by atomic mass is 9.56. The number of carbonyl (C=O) groups is 1. The van der Waals surface area contributed by atoms with Gasteiger partial charge in [-0.3, -0.25) is 4.98 Å². The van der Waals surface area contributed by atoms with Crippen LogP contribution in [0, 0.1) is 23.2 Å². The van der Waals surface area contributed by atoms with Crippen molar-refractivity contribution in [3.63, 3.8) is 0 Å². The third-order valence-electron chi connectivity index (χ3n) is 6.53. The van der Waals surface area contributed by atoms with Crippen LogP contribution in [-0.4, -0.2) is 30.8 Å². The van der Waals surface area contributed by atoms with Crippen molar-refractivity contribution < 1.29 is 14.3 Å². The van der Waals surface area contributed by atoms with E-state index in [1.807, 2.05) is 12.3 Å². The first-order chi connectivity index (χ1) is 13.0. The van der Waals surface area contributed by atoms with E-state index in [0.717, 1.165) is 18.4 Å². The fourth-order valence-corrected chi connectivity index (χ4v) is 4.72. The quantitative estimate of drug-likeness (QED) is 0.589. The number of fused-ring (bicyclic) bond motifs is 2. The van der Waals surface area contributed by atoms with Gasteiger partial charge in [0.25, 0.3) is 0 Å². The van der Waals surface area contributed by atoms with Crippen molar-refractivity contribution in [3.8, 4) is 0 Å². The van der Waals surface area contributed by atoms with Crippen molar-refractivity contribution in [2.45, 2.75) is 46.6 Å². The highest BCUT2D eigenvalue weighted by atomic mass is 16.6. The molecule has 2 bridgehead atoms. The highest BCUT2D eigenvalue weighted by Crippen LogP contribution is 2.56. The van der Waals surface area contributed by atoms with Gasteiger partial charge in [0.2, 0.25) is 0 Å². The Morgan fingerprint density at radius 3 is 2.96 bits per heavy atom. The van der Waals surface area contributed by atoms with E-state index in [2.05, 4.69) is 50.1 Å². The van der Waals surface area contributed by atoms with E-state index in [4.69, 9.17) is 9.47 Å². The topological polar surface area (TPSA) is 60.5 Å². The molecule has 2 aliphatic rings. The van der Waals surface area contributed by atoms with Gasteiger partial charge in [-0.1, -0.05) is 44.9 Å². The molecule has 0 spiro atoms. The molecular weight excluding hydrogens is 340 g/mol. The second-order valence-corrected chi connectivity index (χ2v) is 8.12. The van der Waals surface area contributed by atoms with Crippen LogP contribution in [0.1, 0.15) is 52.2 Å². The highest BCUT2D eigenvalue weighted by molar-refractivity contribution is 5.67. The molecule has 1 aromatic heterocycles. The number of alkyl carbamates (subject to hydrolysis) is 1. The molecule has 1 fully saturated rings. The number of allylic oxidation sites excluding steroid dienone is 1. The lowest BCUT2D eigenvalue weighted by molar-refractivity contribution is -0.165.